The molecule has 0 spiro atoms. The van der Waals surface area contributed by atoms with E-state index in [-0.39, 0.29) is 5.91 Å². The molecule has 2 rings (SSSR count). The second kappa shape index (κ2) is 6.26. The van der Waals surface area contributed by atoms with Crippen LogP contribution in [0.1, 0.15) is 31.3 Å². The molecular formula is C13H18BNO5. The molecule has 1 aromatic carbocycles. The summed E-state index contributed by atoms with van der Waals surface area (Å²) in [5, 5.41) is 22.5. The zero-order valence-electron chi connectivity index (χ0n) is 11.5. The molecule has 108 valence electrons. The molecule has 1 aliphatic heterocycles. The molecular weight excluding hydrogens is 261 g/mol. The summed E-state index contributed by atoms with van der Waals surface area (Å²) in [7, 11) is -1.15. The molecule has 0 radical (unpaired) electrons. The SMILES string of the molecule is CCOC(O)c1cccc2c1OB(O)[C@@H](NC(C)=O)C2. The van der Waals surface area contributed by atoms with Gasteiger partial charge in [0, 0.05) is 19.1 Å². The van der Waals surface area contributed by atoms with Crippen molar-refractivity contribution in [1.82, 2.24) is 5.32 Å². The van der Waals surface area contributed by atoms with Crippen molar-refractivity contribution in [3.05, 3.63) is 29.3 Å². The van der Waals surface area contributed by atoms with Crippen LogP contribution in [0.4, 0.5) is 0 Å². The Morgan fingerprint density at radius 2 is 2.40 bits per heavy atom. The molecule has 1 aromatic rings. The normalized spacial score (nSPS) is 19.0. The summed E-state index contributed by atoms with van der Waals surface area (Å²) < 4.78 is 10.6. The van der Waals surface area contributed by atoms with Gasteiger partial charge in [-0.1, -0.05) is 18.2 Å². The molecule has 2 atom stereocenters. The van der Waals surface area contributed by atoms with Crippen LogP contribution in [0.3, 0.4) is 0 Å². The molecule has 3 N–H and O–H groups in total. The van der Waals surface area contributed by atoms with Crippen LogP contribution in [0.25, 0.3) is 0 Å². The summed E-state index contributed by atoms with van der Waals surface area (Å²) in [5.41, 5.74) is 1.29. The molecule has 1 unspecified atom stereocenters. The topological polar surface area (TPSA) is 88.0 Å². The Hall–Kier alpha value is -1.57. The van der Waals surface area contributed by atoms with Crippen molar-refractivity contribution in [2.24, 2.45) is 0 Å². The first-order valence-corrected chi connectivity index (χ1v) is 6.56. The Morgan fingerprint density at radius 3 is 3.05 bits per heavy atom. The maximum absolute atomic E-state index is 11.1. The lowest BCUT2D eigenvalue weighted by molar-refractivity contribution is -0.119. The number of hydrogen-bond donors (Lipinski definition) is 3. The maximum atomic E-state index is 11.1. The number of rotatable bonds is 4. The summed E-state index contributed by atoms with van der Waals surface area (Å²) in [5.74, 6) is -0.311. The zero-order valence-corrected chi connectivity index (χ0v) is 11.5. The van der Waals surface area contributed by atoms with Gasteiger partial charge in [0.05, 0.1) is 5.94 Å². The molecule has 0 saturated carbocycles. The van der Waals surface area contributed by atoms with Crippen molar-refractivity contribution >= 4 is 13.0 Å². The Kier molecular flexibility index (Phi) is 4.64. The molecule has 0 saturated heterocycles. The average Bonchev–Trinajstić information content (AvgIpc) is 2.38. The smallest absolute Gasteiger partial charge is 0.534 e. The van der Waals surface area contributed by atoms with Gasteiger partial charge in [0.15, 0.2) is 6.29 Å². The quantitative estimate of drug-likeness (QED) is 0.540. The lowest BCUT2D eigenvalue weighted by Gasteiger charge is -2.30. The van der Waals surface area contributed by atoms with E-state index in [1.54, 1.807) is 19.1 Å². The van der Waals surface area contributed by atoms with Crippen molar-refractivity contribution < 1.29 is 24.3 Å². The number of nitrogens with one attached hydrogen (secondary N) is 1. The van der Waals surface area contributed by atoms with Crippen LogP contribution in [-0.2, 0) is 16.0 Å². The Balaban J connectivity index is 2.26. The van der Waals surface area contributed by atoms with E-state index in [0.717, 1.165) is 5.56 Å². The first-order valence-electron chi connectivity index (χ1n) is 6.56. The summed E-state index contributed by atoms with van der Waals surface area (Å²) >= 11 is 0. The van der Waals surface area contributed by atoms with E-state index in [9.17, 15) is 14.9 Å². The molecule has 0 fully saturated rings. The molecule has 0 aliphatic carbocycles. The average molecular weight is 279 g/mol. The standard InChI is InChI=1S/C13H18BNO5/c1-3-19-13(17)10-6-4-5-9-7-11(15-8(2)16)14(18)20-12(9)10/h4-6,11,13,17-18H,3,7H2,1-2H3,(H,15,16)/t11-,13?/m0/s1. The van der Waals surface area contributed by atoms with E-state index in [0.29, 0.717) is 24.3 Å². The highest BCUT2D eigenvalue weighted by atomic mass is 16.6. The zero-order chi connectivity index (χ0) is 14.7. The molecule has 1 aliphatic rings. The van der Waals surface area contributed by atoms with Crippen LogP contribution in [-0.4, -0.2) is 35.7 Å². The van der Waals surface area contributed by atoms with Gasteiger partial charge in [-0.2, -0.15) is 0 Å². The maximum Gasteiger partial charge on any atom is 0.547 e. The Morgan fingerprint density at radius 1 is 1.65 bits per heavy atom. The number of fused-ring (bicyclic) bond motifs is 1. The van der Waals surface area contributed by atoms with Gasteiger partial charge >= 0.3 is 7.12 Å². The first kappa shape index (κ1) is 14.8. The van der Waals surface area contributed by atoms with Crippen molar-refractivity contribution in [1.29, 1.82) is 0 Å². The largest absolute Gasteiger partial charge is 0.547 e. The third kappa shape index (κ3) is 3.12. The number of aliphatic hydroxyl groups is 1. The predicted molar refractivity (Wildman–Crippen MR) is 72.9 cm³/mol. The van der Waals surface area contributed by atoms with Gasteiger partial charge in [-0.05, 0) is 18.9 Å². The molecule has 1 amide bonds. The van der Waals surface area contributed by atoms with Gasteiger partial charge in [-0.3, -0.25) is 4.79 Å². The fourth-order valence-electron chi connectivity index (χ4n) is 2.28. The minimum absolute atomic E-state index is 0.230. The van der Waals surface area contributed by atoms with E-state index >= 15 is 0 Å². The summed E-state index contributed by atoms with van der Waals surface area (Å²) in [4.78, 5) is 11.1. The van der Waals surface area contributed by atoms with E-state index in [1.165, 1.54) is 6.92 Å². The number of carbonyl (C=O) groups is 1. The van der Waals surface area contributed by atoms with Crippen LogP contribution < -0.4 is 9.97 Å². The van der Waals surface area contributed by atoms with Crippen LogP contribution in [0.5, 0.6) is 5.75 Å². The van der Waals surface area contributed by atoms with E-state index in [4.69, 9.17) is 9.39 Å². The highest BCUT2D eigenvalue weighted by molar-refractivity contribution is 6.46. The monoisotopic (exact) mass is 279 g/mol. The Labute approximate surface area is 117 Å². The van der Waals surface area contributed by atoms with Gasteiger partial charge in [0.2, 0.25) is 5.91 Å². The van der Waals surface area contributed by atoms with Crippen LogP contribution in [0.2, 0.25) is 0 Å². The lowest BCUT2D eigenvalue weighted by atomic mass is 9.72. The van der Waals surface area contributed by atoms with Gasteiger partial charge in [0.1, 0.15) is 5.75 Å². The van der Waals surface area contributed by atoms with E-state index < -0.39 is 19.3 Å². The number of benzene rings is 1. The van der Waals surface area contributed by atoms with Crippen molar-refractivity contribution in [2.45, 2.75) is 32.5 Å². The van der Waals surface area contributed by atoms with Gasteiger partial charge in [0.25, 0.3) is 0 Å². The molecule has 0 bridgehead atoms. The van der Waals surface area contributed by atoms with Crippen LogP contribution in [0.15, 0.2) is 18.2 Å². The van der Waals surface area contributed by atoms with Gasteiger partial charge in [-0.15, -0.1) is 0 Å². The molecule has 7 heteroatoms. The summed E-state index contributed by atoms with van der Waals surface area (Å²) in [6.45, 7) is 3.53. The second-order valence-corrected chi connectivity index (χ2v) is 4.66. The minimum Gasteiger partial charge on any atom is -0.534 e. The van der Waals surface area contributed by atoms with Crippen LogP contribution in [0, 0.1) is 0 Å². The summed E-state index contributed by atoms with van der Waals surface area (Å²) in [6.07, 6.45) is -0.664. The van der Waals surface area contributed by atoms with Crippen LogP contribution >= 0.6 is 0 Å². The predicted octanol–water partition coefficient (Wildman–Crippen LogP) is 0.173. The third-order valence-corrected chi connectivity index (χ3v) is 3.13. The van der Waals surface area contributed by atoms with Crippen molar-refractivity contribution in [3.63, 3.8) is 0 Å². The number of ether oxygens (including phenoxy) is 1. The third-order valence-electron chi connectivity index (χ3n) is 3.13. The van der Waals surface area contributed by atoms with Gasteiger partial charge in [-0.25, -0.2) is 0 Å². The lowest BCUT2D eigenvalue weighted by Crippen LogP contribution is -2.52. The van der Waals surface area contributed by atoms with E-state index in [1.807, 2.05) is 6.07 Å². The number of carbonyl (C=O) groups excluding carboxylic acids is 1. The highest BCUT2D eigenvalue weighted by Crippen LogP contribution is 2.34. The molecule has 0 aromatic heterocycles. The minimum atomic E-state index is -1.15. The molecule has 1 heterocycles. The number of aliphatic hydroxyl groups excluding tert-OH is 1. The van der Waals surface area contributed by atoms with Crippen molar-refractivity contribution in [2.75, 3.05) is 6.61 Å². The molecule has 6 nitrogen and oxygen atoms in total. The fraction of sp³-hybridized carbons (Fsp3) is 0.462. The highest BCUT2D eigenvalue weighted by Gasteiger charge is 2.37. The van der Waals surface area contributed by atoms with Crippen molar-refractivity contribution in [3.8, 4) is 5.75 Å². The summed E-state index contributed by atoms with van der Waals surface area (Å²) in [6, 6.07) is 5.30. The molecule has 20 heavy (non-hydrogen) atoms. The Bertz CT molecular complexity index is 496. The first-order chi connectivity index (χ1) is 9.52. The number of hydrogen-bond acceptors (Lipinski definition) is 5. The second-order valence-electron chi connectivity index (χ2n) is 4.66. The van der Waals surface area contributed by atoms with E-state index in [2.05, 4.69) is 5.32 Å². The number of amides is 1. The fourth-order valence-corrected chi connectivity index (χ4v) is 2.28. The number of para-hydroxylation sites is 1. The van der Waals surface area contributed by atoms with Gasteiger partial charge < -0.3 is 24.8 Å².